The Hall–Kier alpha value is -2.30. The van der Waals surface area contributed by atoms with Crippen LogP contribution in [0.1, 0.15) is 11.4 Å². The van der Waals surface area contributed by atoms with E-state index in [1.54, 1.807) is 18.6 Å². The lowest BCUT2D eigenvalue weighted by molar-refractivity contribution is 0.886. The predicted octanol–water partition coefficient (Wildman–Crippen LogP) is 1.53. The molecule has 0 aliphatic carbocycles. The zero-order chi connectivity index (χ0) is 11.5. The SMILES string of the molecule is c1cc(CCc2nc3ncncc3[nH]2)ccn1. The van der Waals surface area contributed by atoms with Crippen LogP contribution in [0, 0.1) is 0 Å². The van der Waals surface area contributed by atoms with E-state index < -0.39 is 0 Å². The van der Waals surface area contributed by atoms with Crippen molar-refractivity contribution in [1.82, 2.24) is 24.9 Å². The summed E-state index contributed by atoms with van der Waals surface area (Å²) in [7, 11) is 0. The summed E-state index contributed by atoms with van der Waals surface area (Å²) < 4.78 is 0. The van der Waals surface area contributed by atoms with Gasteiger partial charge in [0.25, 0.3) is 0 Å². The first-order chi connectivity index (χ1) is 8.42. The maximum atomic E-state index is 4.41. The first-order valence-corrected chi connectivity index (χ1v) is 5.45. The quantitative estimate of drug-likeness (QED) is 0.734. The molecule has 0 amide bonds. The van der Waals surface area contributed by atoms with Crippen molar-refractivity contribution < 1.29 is 0 Å². The van der Waals surface area contributed by atoms with Crippen molar-refractivity contribution >= 4 is 11.2 Å². The van der Waals surface area contributed by atoms with Gasteiger partial charge in [-0.2, -0.15) is 0 Å². The second-order valence-electron chi connectivity index (χ2n) is 3.80. The number of imidazole rings is 1. The number of hydrogen-bond donors (Lipinski definition) is 1. The number of aromatic amines is 1. The number of nitrogens with zero attached hydrogens (tertiary/aromatic N) is 4. The van der Waals surface area contributed by atoms with Gasteiger partial charge in [-0.25, -0.2) is 15.0 Å². The number of H-pyrrole nitrogens is 1. The maximum absolute atomic E-state index is 4.41. The van der Waals surface area contributed by atoms with Gasteiger partial charge in [-0.05, 0) is 24.1 Å². The summed E-state index contributed by atoms with van der Waals surface area (Å²) in [6, 6.07) is 4.03. The van der Waals surface area contributed by atoms with E-state index >= 15 is 0 Å². The van der Waals surface area contributed by atoms with Crippen LogP contribution in [0.5, 0.6) is 0 Å². The number of aromatic nitrogens is 5. The van der Waals surface area contributed by atoms with Gasteiger partial charge < -0.3 is 4.98 Å². The minimum atomic E-state index is 0.727. The standard InChI is InChI=1S/C12H11N5/c1(9-3-5-13-6-4-9)2-11-16-10-7-14-8-15-12(10)17-11/h3-8H,1-2H2,(H,14,15,16,17). The van der Waals surface area contributed by atoms with Crippen LogP contribution in [0.15, 0.2) is 37.1 Å². The number of nitrogens with one attached hydrogen (secondary N) is 1. The Balaban J connectivity index is 1.77. The Kier molecular flexibility index (Phi) is 2.50. The summed E-state index contributed by atoms with van der Waals surface area (Å²) in [6.07, 6.45) is 8.66. The smallest absolute Gasteiger partial charge is 0.180 e. The summed E-state index contributed by atoms with van der Waals surface area (Å²) in [5, 5.41) is 0. The van der Waals surface area contributed by atoms with Gasteiger partial charge in [0.1, 0.15) is 17.7 Å². The lowest BCUT2D eigenvalue weighted by Gasteiger charge is -1.97. The molecule has 0 spiro atoms. The molecule has 3 aromatic rings. The molecule has 0 bridgehead atoms. The third kappa shape index (κ3) is 2.13. The Morgan fingerprint density at radius 3 is 2.76 bits per heavy atom. The molecule has 3 aromatic heterocycles. The molecule has 5 heteroatoms. The van der Waals surface area contributed by atoms with Gasteiger partial charge in [0.05, 0.1) is 6.20 Å². The van der Waals surface area contributed by atoms with Crippen LogP contribution >= 0.6 is 0 Å². The number of fused-ring (bicyclic) bond motifs is 1. The molecule has 0 saturated carbocycles. The van der Waals surface area contributed by atoms with Crippen molar-refractivity contribution in [1.29, 1.82) is 0 Å². The second kappa shape index (κ2) is 4.29. The first kappa shape index (κ1) is 9.89. The van der Waals surface area contributed by atoms with Crippen molar-refractivity contribution in [3.63, 3.8) is 0 Å². The van der Waals surface area contributed by atoms with Crippen LogP contribution in [-0.4, -0.2) is 24.9 Å². The van der Waals surface area contributed by atoms with Crippen LogP contribution in [0.25, 0.3) is 11.2 Å². The largest absolute Gasteiger partial charge is 0.339 e. The summed E-state index contributed by atoms with van der Waals surface area (Å²) in [4.78, 5) is 19.7. The molecule has 3 heterocycles. The molecule has 0 saturated heterocycles. The highest BCUT2D eigenvalue weighted by Gasteiger charge is 2.03. The van der Waals surface area contributed by atoms with Gasteiger partial charge in [0.2, 0.25) is 0 Å². The average molecular weight is 225 g/mol. The lowest BCUT2D eigenvalue weighted by atomic mass is 10.1. The summed E-state index contributed by atoms with van der Waals surface area (Å²) >= 11 is 0. The molecule has 84 valence electrons. The minimum Gasteiger partial charge on any atom is -0.339 e. The first-order valence-electron chi connectivity index (χ1n) is 5.45. The van der Waals surface area contributed by atoms with Crippen LogP contribution < -0.4 is 0 Å². The van der Waals surface area contributed by atoms with E-state index in [0.717, 1.165) is 29.8 Å². The molecule has 5 nitrogen and oxygen atoms in total. The van der Waals surface area contributed by atoms with E-state index in [4.69, 9.17) is 0 Å². The topological polar surface area (TPSA) is 67.3 Å². The molecule has 0 aliphatic rings. The molecular weight excluding hydrogens is 214 g/mol. The van der Waals surface area contributed by atoms with Gasteiger partial charge in [0.15, 0.2) is 5.65 Å². The van der Waals surface area contributed by atoms with Crippen LogP contribution in [-0.2, 0) is 12.8 Å². The Bertz CT molecular complexity index is 584. The molecule has 0 unspecified atom stereocenters. The van der Waals surface area contributed by atoms with Gasteiger partial charge in [0, 0.05) is 18.8 Å². The van der Waals surface area contributed by atoms with Crippen molar-refractivity contribution in [2.45, 2.75) is 12.8 Å². The van der Waals surface area contributed by atoms with Crippen LogP contribution in [0.3, 0.4) is 0 Å². The number of aryl methyl sites for hydroxylation is 2. The van der Waals surface area contributed by atoms with Crippen molar-refractivity contribution in [2.24, 2.45) is 0 Å². The molecule has 0 aliphatic heterocycles. The fourth-order valence-corrected chi connectivity index (χ4v) is 1.74. The average Bonchev–Trinajstić information content (AvgIpc) is 2.80. The predicted molar refractivity (Wildman–Crippen MR) is 63.3 cm³/mol. The van der Waals surface area contributed by atoms with Gasteiger partial charge >= 0.3 is 0 Å². The van der Waals surface area contributed by atoms with Crippen LogP contribution in [0.4, 0.5) is 0 Å². The Morgan fingerprint density at radius 1 is 1.06 bits per heavy atom. The Morgan fingerprint density at radius 2 is 1.94 bits per heavy atom. The second-order valence-corrected chi connectivity index (χ2v) is 3.80. The number of hydrogen-bond acceptors (Lipinski definition) is 4. The summed E-state index contributed by atoms with van der Waals surface area (Å²) in [5.74, 6) is 0.942. The van der Waals surface area contributed by atoms with E-state index in [-0.39, 0.29) is 0 Å². The van der Waals surface area contributed by atoms with E-state index in [1.165, 1.54) is 11.9 Å². The normalized spacial score (nSPS) is 10.8. The van der Waals surface area contributed by atoms with Crippen molar-refractivity contribution in [2.75, 3.05) is 0 Å². The lowest BCUT2D eigenvalue weighted by Crippen LogP contribution is -1.93. The van der Waals surface area contributed by atoms with E-state index in [0.29, 0.717) is 0 Å². The highest BCUT2D eigenvalue weighted by atomic mass is 15.0. The minimum absolute atomic E-state index is 0.727. The molecule has 0 atom stereocenters. The van der Waals surface area contributed by atoms with Crippen LogP contribution in [0.2, 0.25) is 0 Å². The third-order valence-electron chi connectivity index (χ3n) is 2.61. The summed E-state index contributed by atoms with van der Waals surface area (Å²) in [5.41, 5.74) is 2.87. The molecule has 0 aromatic carbocycles. The zero-order valence-corrected chi connectivity index (χ0v) is 9.17. The van der Waals surface area contributed by atoms with Crippen molar-refractivity contribution in [3.8, 4) is 0 Å². The van der Waals surface area contributed by atoms with Crippen molar-refractivity contribution in [3.05, 3.63) is 48.4 Å². The highest BCUT2D eigenvalue weighted by molar-refractivity contribution is 5.68. The maximum Gasteiger partial charge on any atom is 0.180 e. The van der Waals surface area contributed by atoms with Gasteiger partial charge in [-0.3, -0.25) is 4.98 Å². The third-order valence-corrected chi connectivity index (χ3v) is 2.61. The highest BCUT2D eigenvalue weighted by Crippen LogP contribution is 2.08. The van der Waals surface area contributed by atoms with E-state index in [1.807, 2.05) is 12.1 Å². The molecular formula is C12H11N5. The fraction of sp³-hybridized carbons (Fsp3) is 0.167. The fourth-order valence-electron chi connectivity index (χ4n) is 1.74. The van der Waals surface area contributed by atoms with E-state index in [2.05, 4.69) is 24.9 Å². The zero-order valence-electron chi connectivity index (χ0n) is 9.17. The van der Waals surface area contributed by atoms with Gasteiger partial charge in [-0.1, -0.05) is 0 Å². The molecule has 1 N–H and O–H groups in total. The molecule has 0 fully saturated rings. The molecule has 0 radical (unpaired) electrons. The summed E-state index contributed by atoms with van der Waals surface area (Å²) in [6.45, 7) is 0. The molecule has 3 rings (SSSR count). The Labute approximate surface area is 98.0 Å². The van der Waals surface area contributed by atoms with Gasteiger partial charge in [-0.15, -0.1) is 0 Å². The number of rotatable bonds is 3. The monoisotopic (exact) mass is 225 g/mol. The number of pyridine rings is 1. The molecule has 17 heavy (non-hydrogen) atoms. The van der Waals surface area contributed by atoms with E-state index in [9.17, 15) is 0 Å².